The van der Waals surface area contributed by atoms with Crippen LogP contribution in [0.5, 0.6) is 0 Å². The molecule has 0 aliphatic carbocycles. The van der Waals surface area contributed by atoms with Crippen LogP contribution in [-0.2, 0) is 4.79 Å². The van der Waals surface area contributed by atoms with E-state index in [0.717, 1.165) is 27.4 Å². The number of aromatic amines is 1. The molecule has 4 rings (SSSR count). The van der Waals surface area contributed by atoms with E-state index in [-0.39, 0.29) is 12.5 Å². The number of likely N-dealkylation sites (tertiary alicyclic amines) is 1. The Balaban J connectivity index is 1.57. The number of carbonyl (C=O) groups excluding carboxylic acids is 1. The van der Waals surface area contributed by atoms with Crippen molar-refractivity contribution in [2.24, 2.45) is 5.41 Å². The molecule has 1 aromatic carbocycles. The Kier molecular flexibility index (Phi) is 6.46. The van der Waals surface area contributed by atoms with Gasteiger partial charge in [0.05, 0.1) is 40.1 Å². The lowest BCUT2D eigenvalue weighted by molar-refractivity contribution is -0.137. The van der Waals surface area contributed by atoms with E-state index in [0.29, 0.717) is 12.2 Å². The fourth-order valence-corrected chi connectivity index (χ4v) is 5.10. The number of nitrogens with one attached hydrogen (secondary N) is 2. The normalized spacial score (nSPS) is 19.3. The van der Waals surface area contributed by atoms with Crippen molar-refractivity contribution in [3.05, 3.63) is 47.5 Å². The van der Waals surface area contributed by atoms with Crippen LogP contribution in [0, 0.1) is 12.3 Å². The lowest BCUT2D eigenvalue weighted by Crippen LogP contribution is -2.54. The second-order valence-electron chi connectivity index (χ2n) is 9.67. The molecular formula is C24H29N5O4S. The lowest BCUT2D eigenvalue weighted by atomic mass is 9.85. The van der Waals surface area contributed by atoms with Crippen molar-refractivity contribution in [3.8, 4) is 21.7 Å². The highest BCUT2D eigenvalue weighted by atomic mass is 32.1. The van der Waals surface area contributed by atoms with Crippen molar-refractivity contribution in [1.82, 2.24) is 25.2 Å². The SMILES string of the molecule is Cc1ncsc1-c1ccc(-c2cnc([C@@H]3C[C@@H](O)CN3C(=O)C(NC(=O)O)C(C)(C)C)[nH]2)cc1. The van der Waals surface area contributed by atoms with Crippen LogP contribution >= 0.6 is 11.3 Å². The van der Waals surface area contributed by atoms with Gasteiger partial charge in [-0.3, -0.25) is 4.79 Å². The minimum Gasteiger partial charge on any atom is -0.465 e. The number of amides is 2. The van der Waals surface area contributed by atoms with Crippen LogP contribution in [-0.4, -0.2) is 60.8 Å². The molecule has 0 bridgehead atoms. The number of H-pyrrole nitrogens is 1. The van der Waals surface area contributed by atoms with E-state index in [9.17, 15) is 19.8 Å². The van der Waals surface area contributed by atoms with Gasteiger partial charge >= 0.3 is 6.09 Å². The molecule has 3 atom stereocenters. The molecule has 34 heavy (non-hydrogen) atoms. The summed E-state index contributed by atoms with van der Waals surface area (Å²) in [7, 11) is 0. The largest absolute Gasteiger partial charge is 0.465 e. The maximum Gasteiger partial charge on any atom is 0.405 e. The zero-order valence-electron chi connectivity index (χ0n) is 19.6. The van der Waals surface area contributed by atoms with Crippen molar-refractivity contribution in [2.75, 3.05) is 6.54 Å². The van der Waals surface area contributed by atoms with Gasteiger partial charge in [0, 0.05) is 13.0 Å². The summed E-state index contributed by atoms with van der Waals surface area (Å²) < 4.78 is 0. The highest BCUT2D eigenvalue weighted by Gasteiger charge is 2.43. The molecule has 1 aliphatic rings. The number of aromatic nitrogens is 3. The summed E-state index contributed by atoms with van der Waals surface area (Å²) in [6.07, 6.45) is 0.0650. The molecule has 3 aromatic rings. The Morgan fingerprint density at radius 3 is 2.47 bits per heavy atom. The predicted molar refractivity (Wildman–Crippen MR) is 129 cm³/mol. The zero-order chi connectivity index (χ0) is 24.6. The summed E-state index contributed by atoms with van der Waals surface area (Å²) in [6.45, 7) is 7.51. The first-order chi connectivity index (χ1) is 16.0. The zero-order valence-corrected chi connectivity index (χ0v) is 20.4. The van der Waals surface area contributed by atoms with E-state index in [1.807, 2.05) is 36.7 Å². The van der Waals surface area contributed by atoms with Gasteiger partial charge in [-0.05, 0) is 23.5 Å². The standard InChI is InChI=1S/C24H29N5O4S/c1-13-19(34-12-26-13)15-7-5-14(6-8-15)17-10-25-21(27-17)18-9-16(30)11-29(18)22(31)20(24(2,3)4)28-23(32)33/h5-8,10,12,16,18,20,28,30H,9,11H2,1-4H3,(H,25,27)(H,32,33)/t16-,18+,20?/m1/s1. The summed E-state index contributed by atoms with van der Waals surface area (Å²) in [5.41, 5.74) is 5.03. The Morgan fingerprint density at radius 1 is 1.21 bits per heavy atom. The molecule has 1 fully saturated rings. The molecule has 3 heterocycles. The number of aliphatic hydroxyl groups excluding tert-OH is 1. The van der Waals surface area contributed by atoms with Gasteiger partial charge in [0.25, 0.3) is 0 Å². The van der Waals surface area contributed by atoms with Crippen molar-refractivity contribution >= 4 is 23.3 Å². The Hall–Kier alpha value is -3.24. The minimum atomic E-state index is -1.26. The first kappa shape index (κ1) is 23.9. The predicted octanol–water partition coefficient (Wildman–Crippen LogP) is 3.83. The van der Waals surface area contributed by atoms with Gasteiger partial charge in [0.2, 0.25) is 5.91 Å². The maximum atomic E-state index is 13.4. The van der Waals surface area contributed by atoms with Gasteiger partial charge in [-0.1, -0.05) is 45.0 Å². The first-order valence-corrected chi connectivity index (χ1v) is 12.0. The summed E-state index contributed by atoms with van der Waals surface area (Å²) in [4.78, 5) is 39.4. The third-order valence-electron chi connectivity index (χ3n) is 6.06. The van der Waals surface area contributed by atoms with Gasteiger partial charge < -0.3 is 25.4 Å². The number of rotatable bonds is 5. The number of β-amino-alcohol motifs (C(OH)–C–C–N with tert-alkyl or cyclic N) is 1. The number of imidazole rings is 1. The number of benzene rings is 1. The number of hydrogen-bond acceptors (Lipinski definition) is 6. The summed E-state index contributed by atoms with van der Waals surface area (Å²) in [5.74, 6) is 0.184. The van der Waals surface area contributed by atoms with E-state index >= 15 is 0 Å². The van der Waals surface area contributed by atoms with E-state index < -0.39 is 29.7 Å². The Morgan fingerprint density at radius 2 is 1.88 bits per heavy atom. The molecule has 4 N–H and O–H groups in total. The molecule has 1 saturated heterocycles. The van der Waals surface area contributed by atoms with Crippen LogP contribution in [0.25, 0.3) is 21.7 Å². The molecule has 9 nitrogen and oxygen atoms in total. The smallest absolute Gasteiger partial charge is 0.405 e. The van der Waals surface area contributed by atoms with Gasteiger partial charge in [0.1, 0.15) is 11.9 Å². The second kappa shape index (κ2) is 9.19. The van der Waals surface area contributed by atoms with Crippen molar-refractivity contribution in [1.29, 1.82) is 0 Å². The summed E-state index contributed by atoms with van der Waals surface area (Å²) in [5, 5.41) is 21.9. The van der Waals surface area contributed by atoms with E-state index in [1.165, 1.54) is 4.90 Å². The Labute approximate surface area is 201 Å². The van der Waals surface area contributed by atoms with Crippen LogP contribution in [0.4, 0.5) is 4.79 Å². The number of carboxylic acid groups (broad SMARTS) is 1. The molecule has 1 unspecified atom stereocenters. The number of hydrogen-bond donors (Lipinski definition) is 4. The molecular weight excluding hydrogens is 454 g/mol. The van der Waals surface area contributed by atoms with Crippen LogP contribution in [0.3, 0.4) is 0 Å². The average Bonchev–Trinajstić information content (AvgIpc) is 3.50. The van der Waals surface area contributed by atoms with Crippen molar-refractivity contribution in [3.63, 3.8) is 0 Å². The van der Waals surface area contributed by atoms with Gasteiger partial charge in [-0.25, -0.2) is 14.8 Å². The molecule has 0 saturated carbocycles. The van der Waals surface area contributed by atoms with E-state index in [2.05, 4.69) is 20.3 Å². The average molecular weight is 484 g/mol. The van der Waals surface area contributed by atoms with Crippen LogP contribution in [0.2, 0.25) is 0 Å². The second-order valence-corrected chi connectivity index (χ2v) is 10.5. The molecule has 0 spiro atoms. The quantitative estimate of drug-likeness (QED) is 0.436. The highest BCUT2D eigenvalue weighted by molar-refractivity contribution is 7.13. The van der Waals surface area contributed by atoms with Crippen LogP contribution < -0.4 is 5.32 Å². The lowest BCUT2D eigenvalue weighted by Gasteiger charge is -2.34. The van der Waals surface area contributed by atoms with E-state index in [4.69, 9.17) is 0 Å². The molecule has 10 heteroatoms. The minimum absolute atomic E-state index is 0.121. The van der Waals surface area contributed by atoms with Crippen molar-refractivity contribution in [2.45, 2.75) is 52.3 Å². The van der Waals surface area contributed by atoms with Crippen LogP contribution in [0.1, 0.15) is 44.8 Å². The number of aryl methyl sites for hydroxylation is 1. The fraction of sp³-hybridized carbons (Fsp3) is 0.417. The summed E-state index contributed by atoms with van der Waals surface area (Å²) in [6, 6.07) is 6.66. The number of nitrogens with zero attached hydrogens (tertiary/aromatic N) is 3. The highest BCUT2D eigenvalue weighted by Crippen LogP contribution is 2.35. The van der Waals surface area contributed by atoms with E-state index in [1.54, 1.807) is 38.3 Å². The first-order valence-electron chi connectivity index (χ1n) is 11.1. The molecule has 1 aliphatic heterocycles. The number of aliphatic hydroxyl groups is 1. The summed E-state index contributed by atoms with van der Waals surface area (Å²) >= 11 is 1.60. The third-order valence-corrected chi connectivity index (χ3v) is 7.04. The van der Waals surface area contributed by atoms with Crippen LogP contribution in [0.15, 0.2) is 36.0 Å². The van der Waals surface area contributed by atoms with Gasteiger partial charge in [-0.15, -0.1) is 11.3 Å². The van der Waals surface area contributed by atoms with Gasteiger partial charge in [-0.2, -0.15) is 0 Å². The Bertz CT molecular complexity index is 1180. The monoisotopic (exact) mass is 483 g/mol. The topological polar surface area (TPSA) is 131 Å². The van der Waals surface area contributed by atoms with Crippen molar-refractivity contribution < 1.29 is 19.8 Å². The molecule has 0 radical (unpaired) electrons. The molecule has 2 aromatic heterocycles. The van der Waals surface area contributed by atoms with Gasteiger partial charge in [0.15, 0.2) is 0 Å². The number of thiazole rings is 1. The number of carbonyl (C=O) groups is 2. The molecule has 2 amide bonds. The maximum absolute atomic E-state index is 13.4. The fourth-order valence-electron chi connectivity index (χ4n) is 4.29. The third kappa shape index (κ3) is 4.83. The molecule has 180 valence electrons.